The molecular formula is C20H17F2N3O. The number of hydrogen-bond acceptors (Lipinski definition) is 3. The fourth-order valence-electron chi connectivity index (χ4n) is 2.37. The standard InChI is InChI=1S/C20H17F2N3O/c1-13-5-7-14(8-6-13)12-24-18-11-15(9-10-23-18)20(26)25-19-16(21)3-2-4-17(19)22/h2-11H,12H2,1H3,(H,23,24)(H,25,26). The average molecular weight is 353 g/mol. The maximum atomic E-state index is 13.7. The number of nitrogens with one attached hydrogen (secondary N) is 2. The third-order valence-corrected chi connectivity index (χ3v) is 3.82. The Morgan fingerprint density at radius 2 is 1.73 bits per heavy atom. The Hall–Kier alpha value is -3.28. The van der Waals surface area contributed by atoms with Gasteiger partial charge in [0.25, 0.3) is 5.91 Å². The zero-order chi connectivity index (χ0) is 18.5. The molecule has 0 bridgehead atoms. The first-order valence-corrected chi connectivity index (χ1v) is 8.04. The Labute approximate surface area is 149 Å². The van der Waals surface area contributed by atoms with E-state index in [4.69, 9.17) is 0 Å². The van der Waals surface area contributed by atoms with Gasteiger partial charge in [-0.1, -0.05) is 35.9 Å². The number of pyridine rings is 1. The molecule has 0 saturated carbocycles. The topological polar surface area (TPSA) is 54.0 Å². The van der Waals surface area contributed by atoms with E-state index in [2.05, 4.69) is 15.6 Å². The lowest BCUT2D eigenvalue weighted by Crippen LogP contribution is -2.15. The van der Waals surface area contributed by atoms with Crippen molar-refractivity contribution >= 4 is 17.4 Å². The zero-order valence-electron chi connectivity index (χ0n) is 14.1. The van der Waals surface area contributed by atoms with Crippen molar-refractivity contribution in [2.24, 2.45) is 0 Å². The van der Waals surface area contributed by atoms with Crippen LogP contribution in [0, 0.1) is 18.6 Å². The molecule has 1 aromatic heterocycles. The Bertz CT molecular complexity index is 906. The molecule has 26 heavy (non-hydrogen) atoms. The molecule has 1 heterocycles. The molecule has 3 rings (SSSR count). The quantitative estimate of drug-likeness (QED) is 0.708. The molecule has 2 aromatic carbocycles. The van der Waals surface area contributed by atoms with Crippen LogP contribution in [0.15, 0.2) is 60.8 Å². The SMILES string of the molecule is Cc1ccc(CNc2cc(C(=O)Nc3c(F)cccc3F)ccn2)cc1. The van der Waals surface area contributed by atoms with Crippen LogP contribution in [0.25, 0.3) is 0 Å². The zero-order valence-corrected chi connectivity index (χ0v) is 14.1. The summed E-state index contributed by atoms with van der Waals surface area (Å²) < 4.78 is 27.3. The van der Waals surface area contributed by atoms with Crippen molar-refractivity contribution < 1.29 is 13.6 Å². The fraction of sp³-hybridized carbons (Fsp3) is 0.100. The van der Waals surface area contributed by atoms with E-state index in [-0.39, 0.29) is 5.56 Å². The Balaban J connectivity index is 1.70. The highest BCUT2D eigenvalue weighted by Crippen LogP contribution is 2.19. The lowest BCUT2D eigenvalue weighted by atomic mass is 10.1. The summed E-state index contributed by atoms with van der Waals surface area (Å²) in [7, 11) is 0. The average Bonchev–Trinajstić information content (AvgIpc) is 2.64. The predicted octanol–water partition coefficient (Wildman–Crippen LogP) is 4.53. The molecule has 0 aliphatic rings. The fourth-order valence-corrected chi connectivity index (χ4v) is 2.37. The number of benzene rings is 2. The maximum Gasteiger partial charge on any atom is 0.256 e. The third kappa shape index (κ3) is 4.22. The molecule has 0 radical (unpaired) electrons. The first-order valence-electron chi connectivity index (χ1n) is 8.04. The number of para-hydroxylation sites is 1. The van der Waals surface area contributed by atoms with Crippen molar-refractivity contribution in [1.29, 1.82) is 0 Å². The number of carbonyl (C=O) groups is 1. The number of amides is 1. The minimum absolute atomic E-state index is 0.244. The van der Waals surface area contributed by atoms with Gasteiger partial charge in [0.2, 0.25) is 0 Å². The molecular weight excluding hydrogens is 336 g/mol. The molecule has 0 atom stereocenters. The van der Waals surface area contributed by atoms with Crippen LogP contribution in [0.5, 0.6) is 0 Å². The lowest BCUT2D eigenvalue weighted by molar-refractivity contribution is 0.102. The summed E-state index contributed by atoms with van der Waals surface area (Å²) in [5.41, 5.74) is 2.02. The summed E-state index contributed by atoms with van der Waals surface area (Å²) >= 11 is 0. The van der Waals surface area contributed by atoms with Gasteiger partial charge in [0.05, 0.1) is 0 Å². The Morgan fingerprint density at radius 1 is 1.04 bits per heavy atom. The number of carbonyl (C=O) groups excluding carboxylic acids is 1. The molecule has 0 spiro atoms. The molecule has 0 fully saturated rings. The number of anilines is 2. The summed E-state index contributed by atoms with van der Waals surface area (Å²) in [6, 6.07) is 14.4. The van der Waals surface area contributed by atoms with Crippen molar-refractivity contribution in [1.82, 2.24) is 4.98 Å². The van der Waals surface area contributed by atoms with Gasteiger partial charge in [-0.2, -0.15) is 0 Å². The second-order valence-electron chi connectivity index (χ2n) is 5.82. The van der Waals surface area contributed by atoms with E-state index in [0.717, 1.165) is 17.7 Å². The van der Waals surface area contributed by atoms with Crippen molar-refractivity contribution in [2.75, 3.05) is 10.6 Å². The van der Waals surface area contributed by atoms with Crippen molar-refractivity contribution in [3.05, 3.63) is 89.1 Å². The van der Waals surface area contributed by atoms with Crippen molar-refractivity contribution in [2.45, 2.75) is 13.5 Å². The van der Waals surface area contributed by atoms with E-state index in [1.807, 2.05) is 31.2 Å². The van der Waals surface area contributed by atoms with Gasteiger partial charge in [-0.25, -0.2) is 13.8 Å². The Kier molecular flexibility index (Phi) is 5.22. The second-order valence-corrected chi connectivity index (χ2v) is 5.82. The second kappa shape index (κ2) is 7.74. The summed E-state index contributed by atoms with van der Waals surface area (Å²) in [5, 5.41) is 5.38. The van der Waals surface area contributed by atoms with Crippen LogP contribution in [0.2, 0.25) is 0 Å². The highest BCUT2D eigenvalue weighted by Gasteiger charge is 2.14. The van der Waals surface area contributed by atoms with Crippen LogP contribution in [0.4, 0.5) is 20.3 Å². The summed E-state index contributed by atoms with van der Waals surface area (Å²) in [5.74, 6) is -1.78. The molecule has 2 N–H and O–H groups in total. The summed E-state index contributed by atoms with van der Waals surface area (Å²) in [6.45, 7) is 2.56. The van der Waals surface area contributed by atoms with Crippen molar-refractivity contribution in [3.63, 3.8) is 0 Å². The molecule has 132 valence electrons. The molecule has 0 aliphatic heterocycles. The molecule has 0 saturated heterocycles. The molecule has 3 aromatic rings. The van der Waals surface area contributed by atoms with Gasteiger partial charge in [-0.3, -0.25) is 4.79 Å². The van der Waals surface area contributed by atoms with E-state index in [9.17, 15) is 13.6 Å². The molecule has 6 heteroatoms. The van der Waals surface area contributed by atoms with Crippen LogP contribution >= 0.6 is 0 Å². The summed E-state index contributed by atoms with van der Waals surface area (Å²) in [4.78, 5) is 16.4. The molecule has 0 aliphatic carbocycles. The first-order chi connectivity index (χ1) is 12.5. The van der Waals surface area contributed by atoms with Gasteiger partial charge in [0.15, 0.2) is 0 Å². The molecule has 0 unspecified atom stereocenters. The smallest absolute Gasteiger partial charge is 0.256 e. The van der Waals surface area contributed by atoms with Crippen LogP contribution in [0.1, 0.15) is 21.5 Å². The normalized spacial score (nSPS) is 10.4. The van der Waals surface area contributed by atoms with Crippen LogP contribution < -0.4 is 10.6 Å². The van der Waals surface area contributed by atoms with Gasteiger partial charge >= 0.3 is 0 Å². The van der Waals surface area contributed by atoms with E-state index < -0.39 is 23.2 Å². The first kappa shape index (κ1) is 17.5. The van der Waals surface area contributed by atoms with Crippen LogP contribution in [-0.4, -0.2) is 10.9 Å². The van der Waals surface area contributed by atoms with Crippen LogP contribution in [-0.2, 0) is 6.54 Å². The third-order valence-electron chi connectivity index (χ3n) is 3.82. The lowest BCUT2D eigenvalue weighted by Gasteiger charge is -2.10. The van der Waals surface area contributed by atoms with E-state index >= 15 is 0 Å². The van der Waals surface area contributed by atoms with E-state index in [1.165, 1.54) is 30.0 Å². The summed E-state index contributed by atoms with van der Waals surface area (Å²) in [6.07, 6.45) is 1.46. The molecule has 1 amide bonds. The predicted molar refractivity (Wildman–Crippen MR) is 97.1 cm³/mol. The monoisotopic (exact) mass is 353 g/mol. The maximum absolute atomic E-state index is 13.7. The van der Waals surface area contributed by atoms with Gasteiger partial charge in [-0.05, 0) is 36.8 Å². The van der Waals surface area contributed by atoms with E-state index in [1.54, 1.807) is 0 Å². The number of halogens is 2. The number of nitrogens with zero attached hydrogens (tertiary/aromatic N) is 1. The van der Waals surface area contributed by atoms with Gasteiger partial charge < -0.3 is 10.6 Å². The Morgan fingerprint density at radius 3 is 2.42 bits per heavy atom. The number of hydrogen-bond donors (Lipinski definition) is 2. The highest BCUT2D eigenvalue weighted by molar-refractivity contribution is 6.04. The van der Waals surface area contributed by atoms with Crippen molar-refractivity contribution in [3.8, 4) is 0 Å². The number of aromatic nitrogens is 1. The highest BCUT2D eigenvalue weighted by atomic mass is 19.1. The minimum atomic E-state index is -0.829. The van der Waals surface area contributed by atoms with Crippen LogP contribution in [0.3, 0.4) is 0 Å². The number of aryl methyl sites for hydroxylation is 1. The number of rotatable bonds is 5. The van der Waals surface area contributed by atoms with Gasteiger partial charge in [-0.15, -0.1) is 0 Å². The largest absolute Gasteiger partial charge is 0.366 e. The van der Waals surface area contributed by atoms with Gasteiger partial charge in [0.1, 0.15) is 23.1 Å². The minimum Gasteiger partial charge on any atom is -0.366 e. The molecule has 4 nitrogen and oxygen atoms in total. The van der Waals surface area contributed by atoms with E-state index in [0.29, 0.717) is 12.4 Å². The van der Waals surface area contributed by atoms with Gasteiger partial charge in [0, 0.05) is 18.3 Å².